The number of rotatable bonds is 7. The smallest absolute Gasteiger partial charge is 0.408 e. The Morgan fingerprint density at radius 1 is 1.06 bits per heavy atom. The fraction of sp³-hybridized carbons (Fsp3) is 0.647. The van der Waals surface area contributed by atoms with Gasteiger partial charge in [0, 0.05) is 38.8 Å². The van der Waals surface area contributed by atoms with Gasteiger partial charge in [-0.2, -0.15) is 0 Å². The third kappa shape index (κ3) is 8.92. The van der Waals surface area contributed by atoms with E-state index in [1.165, 1.54) is 11.1 Å². The Morgan fingerprint density at radius 2 is 1.80 bits per heavy atom. The van der Waals surface area contributed by atoms with Crippen molar-refractivity contribution in [2.75, 3.05) is 25.5 Å². The van der Waals surface area contributed by atoms with E-state index in [1.54, 1.807) is 37.8 Å². The van der Waals surface area contributed by atoms with Gasteiger partial charge in [0.05, 0.1) is 10.8 Å². The SMILES string of the molecule is CN(C)c1ccc(C(=O)N[C@@H]2C[C@H]3C(=O)N[C@]4(C(=O)NS(=O)(=O)C5CC5)C[C@H]4/C=C\CCCCC[C@H](NC(=O)OC(C)(C)C)C(=O)N3C2)cn1. The molecule has 2 aliphatic heterocycles. The average molecular weight is 716 g/mol. The van der Waals surface area contributed by atoms with Crippen LogP contribution in [0.1, 0.15) is 88.9 Å². The molecule has 3 fully saturated rings. The zero-order chi connectivity index (χ0) is 36.4. The number of ether oxygens (including phenoxy) is 1. The summed E-state index contributed by atoms with van der Waals surface area (Å²) in [6.45, 7) is 5.09. The molecule has 0 spiro atoms. The summed E-state index contributed by atoms with van der Waals surface area (Å²) in [7, 11) is -0.236. The maximum atomic E-state index is 14.3. The molecular formula is C34H49N7O8S. The monoisotopic (exact) mass is 715 g/mol. The number of carbonyl (C=O) groups is 5. The van der Waals surface area contributed by atoms with E-state index in [1.807, 2.05) is 26.2 Å². The van der Waals surface area contributed by atoms with Crippen LogP contribution in [0.3, 0.4) is 0 Å². The average Bonchev–Trinajstić information content (AvgIpc) is 3.95. The van der Waals surface area contributed by atoms with Gasteiger partial charge in [-0.3, -0.25) is 23.9 Å². The summed E-state index contributed by atoms with van der Waals surface area (Å²) in [6, 6.07) is 0.513. The van der Waals surface area contributed by atoms with Crippen LogP contribution in [0.2, 0.25) is 0 Å². The van der Waals surface area contributed by atoms with Crippen molar-refractivity contribution in [3.8, 4) is 0 Å². The van der Waals surface area contributed by atoms with Crippen LogP contribution < -0.4 is 25.6 Å². The number of nitrogens with zero attached hydrogens (tertiary/aromatic N) is 3. The van der Waals surface area contributed by atoms with Gasteiger partial charge in [-0.05, 0) is 77.8 Å². The molecule has 4 N–H and O–H groups in total. The number of aromatic nitrogens is 1. The van der Waals surface area contributed by atoms with Crippen LogP contribution in [0.25, 0.3) is 0 Å². The molecular weight excluding hydrogens is 666 g/mol. The van der Waals surface area contributed by atoms with E-state index >= 15 is 0 Å². The Morgan fingerprint density at radius 3 is 2.44 bits per heavy atom. The summed E-state index contributed by atoms with van der Waals surface area (Å²) in [4.78, 5) is 75.6. The largest absolute Gasteiger partial charge is 0.444 e. The summed E-state index contributed by atoms with van der Waals surface area (Å²) in [5.41, 5.74) is -2.03. The van der Waals surface area contributed by atoms with Crippen LogP contribution in [0, 0.1) is 5.92 Å². The van der Waals surface area contributed by atoms with Gasteiger partial charge in [-0.15, -0.1) is 0 Å². The first-order valence-corrected chi connectivity index (χ1v) is 18.8. The lowest BCUT2D eigenvalue weighted by Crippen LogP contribution is -2.58. The van der Waals surface area contributed by atoms with Crippen LogP contribution in [0.5, 0.6) is 0 Å². The lowest BCUT2D eigenvalue weighted by Gasteiger charge is -2.30. The van der Waals surface area contributed by atoms with Gasteiger partial charge in [-0.25, -0.2) is 18.2 Å². The molecule has 1 aromatic rings. The first kappa shape index (κ1) is 37.1. The van der Waals surface area contributed by atoms with Crippen LogP contribution >= 0.6 is 0 Å². The number of carbonyl (C=O) groups excluding carboxylic acids is 5. The molecule has 5 rings (SSSR count). The van der Waals surface area contributed by atoms with E-state index in [9.17, 15) is 32.4 Å². The van der Waals surface area contributed by atoms with Gasteiger partial charge in [0.2, 0.25) is 21.8 Å². The lowest BCUT2D eigenvalue weighted by molar-refractivity contribution is -0.141. The molecule has 274 valence electrons. The van der Waals surface area contributed by atoms with Crippen LogP contribution in [0.15, 0.2) is 30.5 Å². The second kappa shape index (κ2) is 14.6. The molecule has 4 aliphatic rings. The highest BCUT2D eigenvalue weighted by molar-refractivity contribution is 7.91. The normalized spacial score (nSPS) is 28.1. The van der Waals surface area contributed by atoms with Crippen LogP contribution in [0.4, 0.5) is 10.6 Å². The molecule has 3 heterocycles. The first-order chi connectivity index (χ1) is 23.5. The van der Waals surface area contributed by atoms with E-state index in [0.29, 0.717) is 43.5 Å². The fourth-order valence-corrected chi connectivity index (χ4v) is 7.77. The molecule has 15 nitrogen and oxygen atoms in total. The molecule has 1 aromatic heterocycles. The Hall–Kier alpha value is -4.21. The number of alkyl carbamates (subject to hydrolysis) is 1. The van der Waals surface area contributed by atoms with Gasteiger partial charge < -0.3 is 30.5 Å². The standard InChI is InChI=1S/C34H49N7O8S/c1-33(2,3)49-32(46)37-25-12-10-8-6-7-9-11-22-18-34(22,31(45)39-50(47,48)24-14-15-24)38-29(43)26-17-23(20-41(26)30(25)44)36-28(42)21-13-16-27(35-19-21)40(4)5/h9,11,13,16,19,22-26H,6-8,10,12,14-15,17-18,20H2,1-5H3,(H,36,42)(H,37,46)(H,38,43)(H,39,45)/b11-9-/t22-,23-,25+,26+,34-/m1/s1. The summed E-state index contributed by atoms with van der Waals surface area (Å²) >= 11 is 0. The number of hydrogen-bond donors (Lipinski definition) is 4. The number of pyridine rings is 1. The van der Waals surface area contributed by atoms with E-state index in [2.05, 4.69) is 25.7 Å². The second-order valence-corrected chi connectivity index (χ2v) is 16.9. The Kier molecular flexibility index (Phi) is 10.8. The molecule has 0 unspecified atom stereocenters. The van der Waals surface area contributed by atoms with Crippen molar-refractivity contribution < 1.29 is 37.1 Å². The van der Waals surface area contributed by atoms with Crippen LogP contribution in [-0.4, -0.2) is 103 Å². The lowest BCUT2D eigenvalue weighted by atomic mass is 10.0. The van der Waals surface area contributed by atoms with E-state index in [-0.39, 0.29) is 19.4 Å². The molecule has 0 aromatic carbocycles. The van der Waals surface area contributed by atoms with E-state index < -0.39 is 80.2 Å². The summed E-state index contributed by atoms with van der Waals surface area (Å²) in [5.74, 6) is -2.22. The van der Waals surface area contributed by atoms with Crippen molar-refractivity contribution in [2.45, 2.75) is 113 Å². The third-order valence-corrected chi connectivity index (χ3v) is 11.2. The Bertz CT molecular complexity index is 1620. The fourth-order valence-electron chi connectivity index (χ4n) is 6.41. The maximum absolute atomic E-state index is 14.3. The van der Waals surface area contributed by atoms with Crippen molar-refractivity contribution in [2.24, 2.45) is 5.92 Å². The van der Waals surface area contributed by atoms with Gasteiger partial charge in [0.25, 0.3) is 11.8 Å². The predicted octanol–water partition coefficient (Wildman–Crippen LogP) is 1.74. The van der Waals surface area contributed by atoms with Crippen molar-refractivity contribution in [3.63, 3.8) is 0 Å². The quantitative estimate of drug-likeness (QED) is 0.302. The summed E-state index contributed by atoms with van der Waals surface area (Å²) in [5, 5.41) is 7.79. The molecule has 5 amide bonds. The van der Waals surface area contributed by atoms with E-state index in [4.69, 9.17) is 4.74 Å². The maximum Gasteiger partial charge on any atom is 0.408 e. The molecule has 50 heavy (non-hydrogen) atoms. The summed E-state index contributed by atoms with van der Waals surface area (Å²) < 4.78 is 33.1. The van der Waals surface area contributed by atoms with E-state index in [0.717, 1.165) is 12.8 Å². The number of amides is 5. The number of sulfonamides is 1. The van der Waals surface area contributed by atoms with Crippen molar-refractivity contribution in [3.05, 3.63) is 36.0 Å². The molecule has 0 bridgehead atoms. The highest BCUT2D eigenvalue weighted by Gasteiger charge is 2.62. The summed E-state index contributed by atoms with van der Waals surface area (Å²) in [6.07, 6.45) is 8.69. The number of fused-ring (bicyclic) bond motifs is 2. The molecule has 2 aliphatic carbocycles. The number of anilines is 1. The highest BCUT2D eigenvalue weighted by Crippen LogP contribution is 2.46. The van der Waals surface area contributed by atoms with Gasteiger partial charge in [-0.1, -0.05) is 25.0 Å². The van der Waals surface area contributed by atoms with Crippen molar-refractivity contribution in [1.82, 2.24) is 30.6 Å². The molecule has 5 atom stereocenters. The molecule has 16 heteroatoms. The Labute approximate surface area is 293 Å². The minimum atomic E-state index is -3.89. The zero-order valence-electron chi connectivity index (χ0n) is 29.4. The van der Waals surface area contributed by atoms with Gasteiger partial charge in [0.1, 0.15) is 29.0 Å². The topological polar surface area (TPSA) is 196 Å². The number of allylic oxidation sites excluding steroid dienone is 1. The van der Waals surface area contributed by atoms with Crippen molar-refractivity contribution >= 4 is 45.6 Å². The minimum Gasteiger partial charge on any atom is -0.444 e. The van der Waals surface area contributed by atoms with Crippen molar-refractivity contribution in [1.29, 1.82) is 0 Å². The van der Waals surface area contributed by atoms with Crippen LogP contribution in [-0.2, 0) is 29.1 Å². The third-order valence-electron chi connectivity index (χ3n) is 9.38. The molecule has 2 saturated carbocycles. The van der Waals surface area contributed by atoms with Gasteiger partial charge in [0.15, 0.2) is 0 Å². The Balaban J connectivity index is 1.42. The second-order valence-electron chi connectivity index (χ2n) is 14.9. The number of hydrogen-bond acceptors (Lipinski definition) is 10. The minimum absolute atomic E-state index is 0.0181. The zero-order valence-corrected chi connectivity index (χ0v) is 30.2. The highest BCUT2D eigenvalue weighted by atomic mass is 32.2. The first-order valence-electron chi connectivity index (χ1n) is 17.3. The van der Waals surface area contributed by atoms with Gasteiger partial charge >= 0.3 is 6.09 Å². The molecule has 1 saturated heterocycles. The predicted molar refractivity (Wildman–Crippen MR) is 184 cm³/mol. The number of nitrogens with one attached hydrogen (secondary N) is 4. The molecule has 0 radical (unpaired) electrons.